The van der Waals surface area contributed by atoms with Crippen LogP contribution in [0.5, 0.6) is 0 Å². The van der Waals surface area contributed by atoms with E-state index in [0.717, 1.165) is 39.1 Å². The first-order valence-electron chi connectivity index (χ1n) is 9.79. The Hall–Kier alpha value is -2.40. The largest absolute Gasteiger partial charge is 0.619 e. The third-order valence-corrected chi connectivity index (χ3v) is 5.98. The number of hydrogen-bond acceptors (Lipinski definition) is 3. The zero-order chi connectivity index (χ0) is 18.9. The van der Waals surface area contributed by atoms with Crippen molar-refractivity contribution in [2.75, 3.05) is 26.2 Å². The molecule has 5 heteroatoms. The molecule has 3 heterocycles. The summed E-state index contributed by atoms with van der Waals surface area (Å²) in [5.74, 6) is -0.0205. The molecule has 1 aromatic heterocycles. The number of aromatic nitrogens is 1. The molecule has 1 aromatic carbocycles. The van der Waals surface area contributed by atoms with Gasteiger partial charge < -0.3 is 10.1 Å². The highest BCUT2D eigenvalue weighted by Crippen LogP contribution is 2.39. The average molecular weight is 365 g/mol. The number of piperidine rings is 1. The van der Waals surface area contributed by atoms with Crippen molar-refractivity contribution >= 4 is 5.91 Å². The van der Waals surface area contributed by atoms with Gasteiger partial charge in [-0.2, -0.15) is 4.73 Å². The summed E-state index contributed by atoms with van der Waals surface area (Å²) in [7, 11) is 0. The van der Waals surface area contributed by atoms with E-state index in [4.69, 9.17) is 0 Å². The number of hydrogen-bond donors (Lipinski definition) is 0. The predicted molar refractivity (Wildman–Crippen MR) is 104 cm³/mol. The summed E-state index contributed by atoms with van der Waals surface area (Å²) in [5, 5.41) is 11.5. The molecule has 0 radical (unpaired) electrons. The molecule has 4 rings (SSSR count). The lowest BCUT2D eigenvalue weighted by Crippen LogP contribution is -2.45. The van der Waals surface area contributed by atoms with Crippen LogP contribution >= 0.6 is 0 Å². The van der Waals surface area contributed by atoms with E-state index in [0.29, 0.717) is 10.3 Å². The summed E-state index contributed by atoms with van der Waals surface area (Å²) in [6, 6.07) is 12.1. The number of carbonyl (C=O) groups excluding carboxylic acids is 1. The van der Waals surface area contributed by atoms with E-state index in [1.165, 1.54) is 36.4 Å². The van der Waals surface area contributed by atoms with Gasteiger partial charge in [0.25, 0.3) is 5.91 Å². The van der Waals surface area contributed by atoms with Crippen molar-refractivity contribution in [2.24, 2.45) is 5.41 Å². The van der Waals surface area contributed by atoms with E-state index in [2.05, 4.69) is 36.1 Å². The average Bonchev–Trinajstić information content (AvgIpc) is 3.04. The number of aryl methyl sites for hydroxylation is 1. The van der Waals surface area contributed by atoms with Crippen molar-refractivity contribution in [2.45, 2.75) is 32.7 Å². The van der Waals surface area contributed by atoms with Crippen molar-refractivity contribution in [3.05, 3.63) is 70.7 Å². The molecule has 1 atom stereocenters. The standard InChI is InChI=1S/C22H27N3O2/c1-18-5-2-6-19(13-18)14-23-10-4-8-22(16-23)9-12-24(17-22)21(26)20-7-3-11-25(27)15-20/h2-3,5-7,11,13,15H,4,8-10,12,14,16-17H2,1H3/t22-/m0/s1. The molecule has 0 unspecified atom stereocenters. The number of amides is 1. The Kier molecular flexibility index (Phi) is 4.87. The van der Waals surface area contributed by atoms with Crippen LogP contribution in [0.1, 0.15) is 40.7 Å². The van der Waals surface area contributed by atoms with Crippen molar-refractivity contribution < 1.29 is 9.52 Å². The third-order valence-electron chi connectivity index (χ3n) is 5.98. The van der Waals surface area contributed by atoms with Crippen molar-refractivity contribution in [3.63, 3.8) is 0 Å². The molecule has 142 valence electrons. The normalized spacial score (nSPS) is 23.1. The topological polar surface area (TPSA) is 50.5 Å². The fourth-order valence-corrected chi connectivity index (χ4v) is 4.72. The van der Waals surface area contributed by atoms with Gasteiger partial charge in [-0.25, -0.2) is 0 Å². The molecule has 1 amide bonds. The number of rotatable bonds is 3. The van der Waals surface area contributed by atoms with E-state index in [9.17, 15) is 10.0 Å². The molecular weight excluding hydrogens is 338 g/mol. The Labute approximate surface area is 160 Å². The Morgan fingerprint density at radius 2 is 2.07 bits per heavy atom. The second-order valence-electron chi connectivity index (χ2n) is 8.23. The van der Waals surface area contributed by atoms with E-state index < -0.39 is 0 Å². The zero-order valence-electron chi connectivity index (χ0n) is 15.9. The van der Waals surface area contributed by atoms with Gasteiger partial charge in [-0.3, -0.25) is 9.69 Å². The summed E-state index contributed by atoms with van der Waals surface area (Å²) in [6.07, 6.45) is 6.19. The number of pyridine rings is 1. The minimum absolute atomic E-state index is 0.0205. The fourth-order valence-electron chi connectivity index (χ4n) is 4.72. The summed E-state index contributed by atoms with van der Waals surface area (Å²) in [4.78, 5) is 17.3. The van der Waals surface area contributed by atoms with Crippen LogP contribution < -0.4 is 4.73 Å². The number of nitrogens with zero attached hydrogens (tertiary/aromatic N) is 3. The Morgan fingerprint density at radius 1 is 1.19 bits per heavy atom. The first-order chi connectivity index (χ1) is 13.0. The monoisotopic (exact) mass is 365 g/mol. The fraction of sp³-hybridized carbons (Fsp3) is 0.455. The molecule has 5 nitrogen and oxygen atoms in total. The number of likely N-dealkylation sites (tertiary alicyclic amines) is 2. The van der Waals surface area contributed by atoms with Gasteiger partial charge in [-0.05, 0) is 44.4 Å². The first-order valence-corrected chi connectivity index (χ1v) is 9.79. The molecule has 2 aliphatic heterocycles. The maximum absolute atomic E-state index is 12.8. The smallest absolute Gasteiger partial charge is 0.259 e. The summed E-state index contributed by atoms with van der Waals surface area (Å²) < 4.78 is 0.698. The van der Waals surface area contributed by atoms with Crippen LogP contribution in [0.15, 0.2) is 48.8 Å². The lowest BCUT2D eigenvalue weighted by atomic mass is 9.79. The molecule has 0 bridgehead atoms. The van der Waals surface area contributed by atoms with Gasteiger partial charge in [0.15, 0.2) is 12.4 Å². The molecule has 0 saturated carbocycles. The van der Waals surface area contributed by atoms with Crippen LogP contribution in [0.25, 0.3) is 0 Å². The lowest BCUT2D eigenvalue weighted by Gasteiger charge is -2.40. The van der Waals surface area contributed by atoms with Crippen LogP contribution in [0, 0.1) is 17.5 Å². The van der Waals surface area contributed by atoms with Crippen molar-refractivity contribution in [1.29, 1.82) is 0 Å². The maximum atomic E-state index is 12.8. The molecule has 0 N–H and O–H groups in total. The summed E-state index contributed by atoms with van der Waals surface area (Å²) in [5.41, 5.74) is 3.34. The molecule has 27 heavy (non-hydrogen) atoms. The highest BCUT2D eigenvalue weighted by atomic mass is 16.5. The maximum Gasteiger partial charge on any atom is 0.259 e. The van der Waals surface area contributed by atoms with Gasteiger partial charge in [0.1, 0.15) is 5.56 Å². The second-order valence-corrected chi connectivity index (χ2v) is 8.23. The number of benzene rings is 1. The lowest BCUT2D eigenvalue weighted by molar-refractivity contribution is -0.605. The molecule has 2 aliphatic rings. The quantitative estimate of drug-likeness (QED) is 0.621. The van der Waals surface area contributed by atoms with Gasteiger partial charge in [0.2, 0.25) is 0 Å². The Balaban J connectivity index is 1.42. The third kappa shape index (κ3) is 3.98. The zero-order valence-corrected chi connectivity index (χ0v) is 15.9. The summed E-state index contributed by atoms with van der Waals surface area (Å²) >= 11 is 0. The van der Waals surface area contributed by atoms with Gasteiger partial charge in [0.05, 0.1) is 0 Å². The van der Waals surface area contributed by atoms with Gasteiger partial charge in [-0.15, -0.1) is 0 Å². The van der Waals surface area contributed by atoms with Crippen LogP contribution in [-0.2, 0) is 6.54 Å². The minimum atomic E-state index is -0.0205. The van der Waals surface area contributed by atoms with E-state index in [1.807, 2.05) is 4.90 Å². The molecule has 2 fully saturated rings. The molecule has 1 spiro atoms. The van der Waals surface area contributed by atoms with Gasteiger partial charge in [0, 0.05) is 37.7 Å². The number of carbonyl (C=O) groups is 1. The first kappa shape index (κ1) is 18.0. The van der Waals surface area contributed by atoms with Crippen molar-refractivity contribution in [1.82, 2.24) is 9.80 Å². The Bertz CT molecular complexity index is 838. The summed E-state index contributed by atoms with van der Waals surface area (Å²) in [6.45, 7) is 6.86. The highest BCUT2D eigenvalue weighted by Gasteiger charge is 2.43. The second kappa shape index (κ2) is 7.31. The molecule has 2 aromatic rings. The predicted octanol–water partition coefficient (Wildman–Crippen LogP) is 2.76. The minimum Gasteiger partial charge on any atom is -0.619 e. The van der Waals surface area contributed by atoms with Gasteiger partial charge in [-0.1, -0.05) is 29.8 Å². The van der Waals surface area contributed by atoms with E-state index >= 15 is 0 Å². The van der Waals surface area contributed by atoms with Crippen LogP contribution in [0.3, 0.4) is 0 Å². The molecule has 2 saturated heterocycles. The highest BCUT2D eigenvalue weighted by molar-refractivity contribution is 5.93. The van der Waals surface area contributed by atoms with Crippen LogP contribution in [0.4, 0.5) is 0 Å². The molecule has 0 aliphatic carbocycles. The van der Waals surface area contributed by atoms with Crippen LogP contribution in [0.2, 0.25) is 0 Å². The van der Waals surface area contributed by atoms with Gasteiger partial charge >= 0.3 is 0 Å². The van der Waals surface area contributed by atoms with Crippen molar-refractivity contribution in [3.8, 4) is 0 Å². The van der Waals surface area contributed by atoms with E-state index in [1.54, 1.807) is 12.1 Å². The van der Waals surface area contributed by atoms with Crippen LogP contribution in [-0.4, -0.2) is 41.9 Å². The van der Waals surface area contributed by atoms with E-state index in [-0.39, 0.29) is 11.3 Å². The SMILES string of the molecule is Cc1cccc(CN2CCC[C@]3(CCN(C(=O)c4ccc[n+]([O-])c4)C3)C2)c1. The molecular formula is C22H27N3O2. The Morgan fingerprint density at radius 3 is 2.89 bits per heavy atom.